The molecule has 1 fully saturated rings. The number of amides is 1. The minimum atomic E-state index is 0.264. The Balaban J connectivity index is 2.14. The molecule has 0 unspecified atom stereocenters. The van der Waals surface area contributed by atoms with Crippen molar-refractivity contribution in [2.75, 3.05) is 0 Å². The van der Waals surface area contributed by atoms with Crippen molar-refractivity contribution >= 4 is 17.7 Å². The van der Waals surface area contributed by atoms with Gasteiger partial charge in [0.25, 0.3) is 0 Å². The van der Waals surface area contributed by atoms with E-state index in [2.05, 4.69) is 13.0 Å². The molecule has 2 heterocycles. The molecule has 2 aliphatic rings. The van der Waals surface area contributed by atoms with Crippen LogP contribution in [0.2, 0.25) is 0 Å². The maximum atomic E-state index is 10.8. The number of thioether (sulfide) groups is 1. The van der Waals surface area contributed by atoms with Gasteiger partial charge in [0, 0.05) is 11.4 Å². The SMILES string of the molecule is C[C@H]1C=CN2C(=O)C[C@@H]2S1. The lowest BCUT2D eigenvalue weighted by Gasteiger charge is -2.41. The number of nitrogens with zero attached hydrogens (tertiary/aromatic N) is 1. The first-order chi connectivity index (χ1) is 4.77. The summed E-state index contributed by atoms with van der Waals surface area (Å²) < 4.78 is 0. The molecule has 2 rings (SSSR count). The highest BCUT2D eigenvalue weighted by Crippen LogP contribution is 2.36. The molecule has 1 amide bonds. The Labute approximate surface area is 64.3 Å². The van der Waals surface area contributed by atoms with E-state index in [1.54, 1.807) is 0 Å². The second-order valence-electron chi connectivity index (χ2n) is 2.64. The summed E-state index contributed by atoms with van der Waals surface area (Å²) >= 11 is 1.86. The van der Waals surface area contributed by atoms with Crippen LogP contribution in [-0.4, -0.2) is 21.4 Å². The molecule has 3 heteroatoms. The fraction of sp³-hybridized carbons (Fsp3) is 0.571. The Morgan fingerprint density at radius 1 is 1.80 bits per heavy atom. The first kappa shape index (κ1) is 6.28. The normalized spacial score (nSPS) is 37.3. The average molecular weight is 155 g/mol. The van der Waals surface area contributed by atoms with E-state index in [0.717, 1.165) is 6.42 Å². The average Bonchev–Trinajstić information content (AvgIpc) is 1.86. The lowest BCUT2D eigenvalue weighted by atomic mass is 10.2. The molecule has 54 valence electrons. The molecule has 0 bridgehead atoms. The molecule has 2 atom stereocenters. The molecule has 0 N–H and O–H groups in total. The smallest absolute Gasteiger partial charge is 0.230 e. The Bertz CT molecular complexity index is 202. The lowest BCUT2D eigenvalue weighted by molar-refractivity contribution is -0.137. The summed E-state index contributed by atoms with van der Waals surface area (Å²) in [5.74, 6) is 0.264. The Morgan fingerprint density at radius 2 is 2.60 bits per heavy atom. The van der Waals surface area contributed by atoms with Gasteiger partial charge >= 0.3 is 0 Å². The number of carbonyl (C=O) groups excluding carboxylic acids is 1. The minimum absolute atomic E-state index is 0.264. The summed E-state index contributed by atoms with van der Waals surface area (Å²) in [5.41, 5.74) is 0. The number of fused-ring (bicyclic) bond motifs is 1. The summed E-state index contributed by atoms with van der Waals surface area (Å²) in [7, 11) is 0. The zero-order chi connectivity index (χ0) is 7.14. The third-order valence-electron chi connectivity index (χ3n) is 1.84. The van der Waals surface area contributed by atoms with Crippen LogP contribution in [0.25, 0.3) is 0 Å². The van der Waals surface area contributed by atoms with Crippen LogP contribution < -0.4 is 0 Å². The first-order valence-corrected chi connectivity index (χ1v) is 4.36. The van der Waals surface area contributed by atoms with Crippen LogP contribution in [0.5, 0.6) is 0 Å². The van der Waals surface area contributed by atoms with Gasteiger partial charge in [0.1, 0.15) is 0 Å². The zero-order valence-corrected chi connectivity index (χ0v) is 6.60. The van der Waals surface area contributed by atoms with Crippen molar-refractivity contribution < 1.29 is 4.79 Å². The molecule has 0 aliphatic carbocycles. The molecule has 0 saturated carbocycles. The molecule has 0 aromatic heterocycles. The Hall–Kier alpha value is -0.440. The number of carbonyl (C=O) groups is 1. The third kappa shape index (κ3) is 0.770. The summed E-state index contributed by atoms with van der Waals surface area (Å²) in [6.07, 6.45) is 4.72. The lowest BCUT2D eigenvalue weighted by Crippen LogP contribution is -2.49. The van der Waals surface area contributed by atoms with Gasteiger partial charge in [-0.3, -0.25) is 4.79 Å². The van der Waals surface area contributed by atoms with Gasteiger partial charge < -0.3 is 4.90 Å². The molecule has 0 spiro atoms. The van der Waals surface area contributed by atoms with Gasteiger partial charge in [0.15, 0.2) is 0 Å². The zero-order valence-electron chi connectivity index (χ0n) is 5.78. The van der Waals surface area contributed by atoms with Gasteiger partial charge in [-0.15, -0.1) is 11.8 Å². The maximum absolute atomic E-state index is 10.8. The van der Waals surface area contributed by atoms with E-state index >= 15 is 0 Å². The molecular weight excluding hydrogens is 146 g/mol. The number of hydrogen-bond donors (Lipinski definition) is 0. The molecule has 1 saturated heterocycles. The van der Waals surface area contributed by atoms with Gasteiger partial charge in [-0.05, 0) is 6.92 Å². The molecule has 0 radical (unpaired) electrons. The van der Waals surface area contributed by atoms with Gasteiger partial charge in [-0.25, -0.2) is 0 Å². The fourth-order valence-corrected chi connectivity index (χ4v) is 2.42. The fourth-order valence-electron chi connectivity index (χ4n) is 1.20. The summed E-state index contributed by atoms with van der Waals surface area (Å²) in [5, 5.41) is 1.03. The second-order valence-corrected chi connectivity index (χ2v) is 4.20. The van der Waals surface area contributed by atoms with Crippen LogP contribution in [-0.2, 0) is 4.79 Å². The van der Waals surface area contributed by atoms with Crippen molar-refractivity contribution in [3.05, 3.63) is 12.3 Å². The van der Waals surface area contributed by atoms with E-state index in [0.29, 0.717) is 10.6 Å². The van der Waals surface area contributed by atoms with Crippen LogP contribution in [0.3, 0.4) is 0 Å². The predicted molar refractivity (Wildman–Crippen MR) is 41.4 cm³/mol. The van der Waals surface area contributed by atoms with Crippen LogP contribution >= 0.6 is 11.8 Å². The number of β-lactam (4-membered cyclic amide) rings is 1. The molecule has 0 aromatic carbocycles. The van der Waals surface area contributed by atoms with E-state index in [1.165, 1.54) is 0 Å². The summed E-state index contributed by atoms with van der Waals surface area (Å²) in [4.78, 5) is 12.6. The van der Waals surface area contributed by atoms with Gasteiger partial charge in [0.05, 0.1) is 11.8 Å². The molecular formula is C7H9NOS. The second kappa shape index (κ2) is 2.02. The number of hydrogen-bond acceptors (Lipinski definition) is 2. The highest BCUT2D eigenvalue weighted by Gasteiger charge is 2.37. The summed E-state index contributed by atoms with van der Waals surface area (Å²) in [6, 6.07) is 0. The maximum Gasteiger partial charge on any atom is 0.230 e. The van der Waals surface area contributed by atoms with Gasteiger partial charge in [0.2, 0.25) is 5.91 Å². The van der Waals surface area contributed by atoms with Gasteiger partial charge in [-0.2, -0.15) is 0 Å². The highest BCUT2D eigenvalue weighted by molar-refractivity contribution is 8.00. The van der Waals surface area contributed by atoms with Crippen LogP contribution in [0.1, 0.15) is 13.3 Å². The minimum Gasteiger partial charge on any atom is -0.306 e. The number of rotatable bonds is 0. The monoisotopic (exact) mass is 155 g/mol. The van der Waals surface area contributed by atoms with Crippen molar-refractivity contribution in [1.82, 2.24) is 4.90 Å². The predicted octanol–water partition coefficient (Wildman–Crippen LogP) is 1.19. The third-order valence-corrected chi connectivity index (χ3v) is 3.13. The first-order valence-electron chi connectivity index (χ1n) is 3.42. The Morgan fingerprint density at radius 3 is 3.20 bits per heavy atom. The van der Waals surface area contributed by atoms with Crippen molar-refractivity contribution in [2.45, 2.75) is 24.0 Å². The van der Waals surface area contributed by atoms with Crippen molar-refractivity contribution in [3.63, 3.8) is 0 Å². The molecule has 10 heavy (non-hydrogen) atoms. The topological polar surface area (TPSA) is 20.3 Å². The molecule has 2 nitrogen and oxygen atoms in total. The highest BCUT2D eigenvalue weighted by atomic mass is 32.2. The summed E-state index contributed by atoms with van der Waals surface area (Å²) in [6.45, 7) is 2.15. The van der Waals surface area contributed by atoms with Gasteiger partial charge in [-0.1, -0.05) is 6.08 Å². The van der Waals surface area contributed by atoms with Crippen LogP contribution in [0.15, 0.2) is 12.3 Å². The van der Waals surface area contributed by atoms with Crippen molar-refractivity contribution in [2.24, 2.45) is 0 Å². The molecule has 2 aliphatic heterocycles. The van der Waals surface area contributed by atoms with E-state index in [4.69, 9.17) is 0 Å². The largest absolute Gasteiger partial charge is 0.306 e. The Kier molecular flexibility index (Phi) is 1.27. The molecule has 0 aromatic rings. The van der Waals surface area contributed by atoms with E-state index in [1.807, 2.05) is 22.9 Å². The van der Waals surface area contributed by atoms with Crippen LogP contribution in [0, 0.1) is 0 Å². The van der Waals surface area contributed by atoms with Crippen molar-refractivity contribution in [1.29, 1.82) is 0 Å². The quantitative estimate of drug-likeness (QED) is 0.490. The van der Waals surface area contributed by atoms with Crippen molar-refractivity contribution in [3.8, 4) is 0 Å². The van der Waals surface area contributed by atoms with Crippen LogP contribution in [0.4, 0.5) is 0 Å². The van der Waals surface area contributed by atoms with E-state index in [9.17, 15) is 4.79 Å². The standard InChI is InChI=1S/C7H9NOS/c1-5-2-3-8-6(9)4-7(8)10-5/h2-3,5,7H,4H2,1H3/t5-,7-/m0/s1. The van der Waals surface area contributed by atoms with E-state index < -0.39 is 0 Å². The van der Waals surface area contributed by atoms with E-state index in [-0.39, 0.29) is 5.91 Å².